The molecule has 0 amide bonds. The standard InChI is InChI=1S/C14H15BrN2O2S/c1-3-10-6-11(15)4-5-12(10)17-9(2)7-16-14(17)20-8-13(18)19/h4-7H,3,8H2,1-2H3,(H,18,19). The van der Waals surface area contributed by atoms with Crippen molar-refractivity contribution in [1.29, 1.82) is 0 Å². The van der Waals surface area contributed by atoms with Gasteiger partial charge in [-0.25, -0.2) is 4.98 Å². The fraction of sp³-hybridized carbons (Fsp3) is 0.286. The SMILES string of the molecule is CCc1cc(Br)ccc1-n1c(C)cnc1SCC(=O)O. The van der Waals surface area contributed by atoms with Crippen LogP contribution in [0.5, 0.6) is 0 Å². The van der Waals surface area contributed by atoms with Gasteiger partial charge in [0.1, 0.15) is 0 Å². The summed E-state index contributed by atoms with van der Waals surface area (Å²) in [4.78, 5) is 15.0. The zero-order valence-electron chi connectivity index (χ0n) is 11.3. The molecule has 0 aliphatic heterocycles. The van der Waals surface area contributed by atoms with E-state index in [0.717, 1.165) is 22.3 Å². The molecule has 0 spiro atoms. The first-order valence-electron chi connectivity index (χ1n) is 6.20. The molecule has 20 heavy (non-hydrogen) atoms. The van der Waals surface area contributed by atoms with Crippen LogP contribution in [0.3, 0.4) is 0 Å². The van der Waals surface area contributed by atoms with Gasteiger partial charge in [0.05, 0.1) is 11.4 Å². The summed E-state index contributed by atoms with van der Waals surface area (Å²) >= 11 is 4.71. The molecular weight excluding hydrogens is 340 g/mol. The van der Waals surface area contributed by atoms with Crippen molar-refractivity contribution in [2.24, 2.45) is 0 Å². The van der Waals surface area contributed by atoms with Crippen LogP contribution in [0.25, 0.3) is 5.69 Å². The summed E-state index contributed by atoms with van der Waals surface area (Å²) in [5, 5.41) is 9.53. The van der Waals surface area contributed by atoms with E-state index in [9.17, 15) is 4.79 Å². The summed E-state index contributed by atoms with van der Waals surface area (Å²) in [5.74, 6) is -0.831. The minimum absolute atomic E-state index is 0.00837. The Bertz CT molecular complexity index is 640. The second-order valence-corrected chi connectivity index (χ2v) is 6.18. The van der Waals surface area contributed by atoms with E-state index in [4.69, 9.17) is 5.11 Å². The molecule has 0 bridgehead atoms. The molecule has 1 aromatic carbocycles. The third-order valence-corrected chi connectivity index (χ3v) is 4.32. The molecule has 0 aliphatic rings. The van der Waals surface area contributed by atoms with E-state index in [-0.39, 0.29) is 5.75 Å². The topological polar surface area (TPSA) is 55.1 Å². The monoisotopic (exact) mass is 354 g/mol. The number of aliphatic carboxylic acids is 1. The van der Waals surface area contributed by atoms with Crippen molar-refractivity contribution in [2.75, 3.05) is 5.75 Å². The van der Waals surface area contributed by atoms with Gasteiger partial charge >= 0.3 is 5.97 Å². The number of benzene rings is 1. The van der Waals surface area contributed by atoms with Gasteiger partial charge in [-0.3, -0.25) is 9.36 Å². The molecule has 4 nitrogen and oxygen atoms in total. The maximum absolute atomic E-state index is 10.7. The average Bonchev–Trinajstić information content (AvgIpc) is 2.77. The molecule has 2 aromatic rings. The normalized spacial score (nSPS) is 10.8. The van der Waals surface area contributed by atoms with Crippen molar-refractivity contribution < 1.29 is 9.90 Å². The van der Waals surface area contributed by atoms with Gasteiger partial charge in [0.2, 0.25) is 0 Å². The molecule has 1 aromatic heterocycles. The quantitative estimate of drug-likeness (QED) is 0.832. The second kappa shape index (κ2) is 6.45. The van der Waals surface area contributed by atoms with Gasteiger partial charge in [-0.1, -0.05) is 34.6 Å². The highest BCUT2D eigenvalue weighted by molar-refractivity contribution is 9.10. The smallest absolute Gasteiger partial charge is 0.313 e. The summed E-state index contributed by atoms with van der Waals surface area (Å²) in [6.07, 6.45) is 2.67. The first-order chi connectivity index (χ1) is 9.52. The van der Waals surface area contributed by atoms with E-state index in [2.05, 4.69) is 33.9 Å². The van der Waals surface area contributed by atoms with Gasteiger partial charge in [0.25, 0.3) is 0 Å². The second-order valence-electron chi connectivity index (χ2n) is 4.33. The Labute approximate surface area is 130 Å². The Morgan fingerprint density at radius 3 is 2.90 bits per heavy atom. The van der Waals surface area contributed by atoms with E-state index in [1.807, 2.05) is 23.6 Å². The number of carboxylic acid groups (broad SMARTS) is 1. The minimum atomic E-state index is -0.839. The van der Waals surface area contributed by atoms with Gasteiger partial charge in [-0.15, -0.1) is 0 Å². The highest BCUT2D eigenvalue weighted by atomic mass is 79.9. The predicted molar refractivity (Wildman–Crippen MR) is 83.7 cm³/mol. The molecule has 0 unspecified atom stereocenters. The third kappa shape index (κ3) is 3.24. The van der Waals surface area contributed by atoms with E-state index in [0.29, 0.717) is 5.16 Å². The summed E-state index contributed by atoms with van der Waals surface area (Å²) in [6, 6.07) is 6.10. The van der Waals surface area contributed by atoms with Crippen molar-refractivity contribution in [3.8, 4) is 5.69 Å². The van der Waals surface area contributed by atoms with Crippen molar-refractivity contribution in [3.63, 3.8) is 0 Å². The molecule has 0 atom stereocenters. The largest absolute Gasteiger partial charge is 0.481 e. The Kier molecular flexibility index (Phi) is 4.88. The van der Waals surface area contributed by atoms with Crippen LogP contribution in [0, 0.1) is 6.92 Å². The Balaban J connectivity index is 2.46. The lowest BCUT2D eigenvalue weighted by atomic mass is 10.1. The van der Waals surface area contributed by atoms with E-state index < -0.39 is 5.97 Å². The maximum Gasteiger partial charge on any atom is 0.313 e. The molecule has 2 rings (SSSR count). The molecule has 1 N–H and O–H groups in total. The number of rotatable bonds is 5. The summed E-state index contributed by atoms with van der Waals surface area (Å²) in [5.41, 5.74) is 3.24. The van der Waals surface area contributed by atoms with Crippen molar-refractivity contribution in [2.45, 2.75) is 25.4 Å². The van der Waals surface area contributed by atoms with Crippen LogP contribution in [-0.4, -0.2) is 26.4 Å². The third-order valence-electron chi connectivity index (χ3n) is 2.89. The molecule has 106 valence electrons. The van der Waals surface area contributed by atoms with Crippen LogP contribution in [-0.2, 0) is 11.2 Å². The lowest BCUT2D eigenvalue weighted by Gasteiger charge is -2.14. The zero-order valence-corrected chi connectivity index (χ0v) is 13.7. The van der Waals surface area contributed by atoms with Gasteiger partial charge in [-0.05, 0) is 37.1 Å². The number of nitrogens with zero attached hydrogens (tertiary/aromatic N) is 2. The molecule has 0 saturated heterocycles. The zero-order chi connectivity index (χ0) is 14.7. The van der Waals surface area contributed by atoms with E-state index >= 15 is 0 Å². The van der Waals surface area contributed by atoms with Crippen molar-refractivity contribution in [3.05, 3.63) is 40.1 Å². The molecule has 0 saturated carbocycles. The predicted octanol–water partition coefficient (Wildman–Crippen LogP) is 3.68. The number of aryl methyl sites for hydroxylation is 2. The van der Waals surface area contributed by atoms with Crippen molar-refractivity contribution in [1.82, 2.24) is 9.55 Å². The average molecular weight is 355 g/mol. The number of carbonyl (C=O) groups is 1. The number of carboxylic acids is 1. The van der Waals surface area contributed by atoms with Gasteiger partial charge in [0.15, 0.2) is 5.16 Å². The maximum atomic E-state index is 10.7. The van der Waals surface area contributed by atoms with E-state index in [1.165, 1.54) is 17.3 Å². The van der Waals surface area contributed by atoms with Crippen LogP contribution in [0.2, 0.25) is 0 Å². The molecular formula is C14H15BrN2O2S. The lowest BCUT2D eigenvalue weighted by Crippen LogP contribution is -2.05. The van der Waals surface area contributed by atoms with Gasteiger partial charge in [-0.2, -0.15) is 0 Å². The summed E-state index contributed by atoms with van der Waals surface area (Å²) < 4.78 is 3.05. The lowest BCUT2D eigenvalue weighted by molar-refractivity contribution is -0.133. The fourth-order valence-electron chi connectivity index (χ4n) is 1.99. The number of thioether (sulfide) groups is 1. The molecule has 0 aliphatic carbocycles. The van der Waals surface area contributed by atoms with Crippen molar-refractivity contribution >= 4 is 33.7 Å². The first kappa shape index (κ1) is 15.1. The van der Waals surface area contributed by atoms with Gasteiger partial charge < -0.3 is 5.11 Å². The number of aromatic nitrogens is 2. The highest BCUT2D eigenvalue weighted by Crippen LogP contribution is 2.27. The van der Waals surface area contributed by atoms with Crippen LogP contribution < -0.4 is 0 Å². The Hall–Kier alpha value is -1.27. The van der Waals surface area contributed by atoms with Crippen LogP contribution in [0.15, 0.2) is 34.0 Å². The summed E-state index contributed by atoms with van der Waals surface area (Å²) in [7, 11) is 0. The van der Waals surface area contributed by atoms with E-state index in [1.54, 1.807) is 6.20 Å². The minimum Gasteiger partial charge on any atom is -0.481 e. The van der Waals surface area contributed by atoms with Crippen LogP contribution in [0.1, 0.15) is 18.2 Å². The fourth-order valence-corrected chi connectivity index (χ4v) is 3.15. The van der Waals surface area contributed by atoms with Crippen LogP contribution in [0.4, 0.5) is 0 Å². The number of imidazole rings is 1. The number of hydrogen-bond acceptors (Lipinski definition) is 3. The highest BCUT2D eigenvalue weighted by Gasteiger charge is 2.14. The Morgan fingerprint density at radius 1 is 1.50 bits per heavy atom. The molecule has 1 heterocycles. The Morgan fingerprint density at radius 2 is 2.25 bits per heavy atom. The molecule has 0 radical (unpaired) electrons. The van der Waals surface area contributed by atoms with Gasteiger partial charge in [0, 0.05) is 16.4 Å². The van der Waals surface area contributed by atoms with Crippen LogP contribution >= 0.6 is 27.7 Å². The number of hydrogen-bond donors (Lipinski definition) is 1. The first-order valence-corrected chi connectivity index (χ1v) is 7.98. The molecule has 0 fully saturated rings. The number of halogens is 1. The molecule has 6 heteroatoms. The summed E-state index contributed by atoms with van der Waals surface area (Å²) in [6.45, 7) is 4.07.